The summed E-state index contributed by atoms with van der Waals surface area (Å²) in [5.41, 5.74) is 1.40. The van der Waals surface area contributed by atoms with Crippen LogP contribution in [0, 0.1) is 0 Å². The minimum Gasteiger partial charge on any atom is -0.451 e. The monoisotopic (exact) mass is 478 g/mol. The number of rotatable bonds is 6. The fraction of sp³-hybridized carbons (Fsp3) is 0.263. The van der Waals surface area contributed by atoms with Gasteiger partial charge in [-0.2, -0.15) is 0 Å². The van der Waals surface area contributed by atoms with E-state index in [-0.39, 0.29) is 22.5 Å². The lowest BCUT2D eigenvalue weighted by atomic mass is 10.2. The number of pyridine rings is 1. The van der Waals surface area contributed by atoms with Crippen molar-refractivity contribution in [1.82, 2.24) is 9.71 Å². The van der Waals surface area contributed by atoms with Gasteiger partial charge in [0.05, 0.1) is 0 Å². The molecule has 1 fully saturated rings. The molecule has 1 aliphatic rings. The molecule has 152 valence electrons. The van der Waals surface area contributed by atoms with Gasteiger partial charge < -0.3 is 14.6 Å². The maximum Gasteiger partial charge on any atom is 0.300 e. The summed E-state index contributed by atoms with van der Waals surface area (Å²) in [6.07, 6.45) is 3.42. The molecular formula is C19H19BrN4O4S. The molecule has 0 atom stereocenters. The van der Waals surface area contributed by atoms with Gasteiger partial charge in [0.1, 0.15) is 16.3 Å². The quantitative estimate of drug-likeness (QED) is 0.559. The average molecular weight is 479 g/mol. The lowest BCUT2D eigenvalue weighted by Crippen LogP contribution is -2.31. The number of amides is 1. The summed E-state index contributed by atoms with van der Waals surface area (Å²) in [6, 6.07) is 8.62. The SMILES string of the molecule is CN(C)c1ccc2cc(C(=O)NS(=O)(=O)c3cc(Br)cnc3NC3CC3)oc2c1. The van der Waals surface area contributed by atoms with Crippen LogP contribution < -0.4 is 14.9 Å². The highest BCUT2D eigenvalue weighted by Gasteiger charge is 2.28. The maximum absolute atomic E-state index is 12.9. The summed E-state index contributed by atoms with van der Waals surface area (Å²) in [6.45, 7) is 0. The number of benzene rings is 1. The minimum absolute atomic E-state index is 0.0841. The summed E-state index contributed by atoms with van der Waals surface area (Å²) >= 11 is 3.23. The Bertz CT molecular complexity index is 1200. The molecule has 0 radical (unpaired) electrons. The summed E-state index contributed by atoms with van der Waals surface area (Å²) < 4.78 is 33.9. The Kier molecular flexibility index (Phi) is 4.99. The Morgan fingerprint density at radius 2 is 2.00 bits per heavy atom. The van der Waals surface area contributed by atoms with Crippen LogP contribution in [0.4, 0.5) is 11.5 Å². The minimum atomic E-state index is -4.16. The number of furan rings is 1. The molecule has 0 bridgehead atoms. The van der Waals surface area contributed by atoms with Crippen molar-refractivity contribution in [2.24, 2.45) is 0 Å². The largest absolute Gasteiger partial charge is 0.451 e. The van der Waals surface area contributed by atoms with E-state index < -0.39 is 15.9 Å². The molecular weight excluding hydrogens is 460 g/mol. The Balaban J connectivity index is 1.62. The second-order valence-corrected chi connectivity index (χ2v) is 9.65. The van der Waals surface area contributed by atoms with E-state index in [1.54, 1.807) is 6.07 Å². The molecule has 3 aromatic rings. The fourth-order valence-corrected chi connectivity index (χ4v) is 4.38. The van der Waals surface area contributed by atoms with E-state index in [9.17, 15) is 13.2 Å². The summed E-state index contributed by atoms with van der Waals surface area (Å²) in [5.74, 6) is -0.708. The number of nitrogens with one attached hydrogen (secondary N) is 2. The van der Waals surface area contributed by atoms with E-state index in [1.165, 1.54) is 18.3 Å². The summed E-state index contributed by atoms with van der Waals surface area (Å²) in [4.78, 5) is 18.6. The second-order valence-electron chi connectivity index (χ2n) is 7.08. The molecule has 29 heavy (non-hydrogen) atoms. The van der Waals surface area contributed by atoms with Crippen LogP contribution >= 0.6 is 15.9 Å². The third-order valence-corrected chi connectivity index (χ3v) is 6.28. The second kappa shape index (κ2) is 7.34. The molecule has 2 N–H and O–H groups in total. The molecule has 0 aliphatic heterocycles. The van der Waals surface area contributed by atoms with E-state index >= 15 is 0 Å². The highest BCUT2D eigenvalue weighted by atomic mass is 79.9. The predicted octanol–water partition coefficient (Wildman–Crippen LogP) is 3.35. The van der Waals surface area contributed by atoms with Gasteiger partial charge in [-0.05, 0) is 53.0 Å². The molecule has 1 aliphatic carbocycles. The number of carbonyl (C=O) groups is 1. The number of nitrogens with zero attached hydrogens (tertiary/aromatic N) is 2. The molecule has 1 saturated carbocycles. The Labute approximate surface area is 176 Å². The molecule has 0 saturated heterocycles. The Morgan fingerprint density at radius 3 is 2.69 bits per heavy atom. The molecule has 1 amide bonds. The summed E-state index contributed by atoms with van der Waals surface area (Å²) in [7, 11) is -0.376. The normalized spacial score (nSPS) is 14.0. The van der Waals surface area contributed by atoms with Gasteiger partial charge in [0, 0.05) is 47.9 Å². The smallest absolute Gasteiger partial charge is 0.300 e. The molecule has 1 aromatic carbocycles. The Hall–Kier alpha value is -2.59. The highest BCUT2D eigenvalue weighted by molar-refractivity contribution is 9.10. The van der Waals surface area contributed by atoms with E-state index in [0.29, 0.717) is 15.4 Å². The molecule has 8 nitrogen and oxygen atoms in total. The number of hydrogen-bond acceptors (Lipinski definition) is 7. The molecule has 0 unspecified atom stereocenters. The maximum atomic E-state index is 12.9. The van der Waals surface area contributed by atoms with Crippen LogP contribution in [0.3, 0.4) is 0 Å². The molecule has 0 spiro atoms. The zero-order valence-corrected chi connectivity index (χ0v) is 18.2. The van der Waals surface area contributed by atoms with Gasteiger partial charge in [0.25, 0.3) is 10.0 Å². The van der Waals surface area contributed by atoms with Crippen molar-refractivity contribution in [2.75, 3.05) is 24.3 Å². The van der Waals surface area contributed by atoms with Crippen LogP contribution in [0.15, 0.2) is 50.3 Å². The molecule has 2 heterocycles. The van der Waals surface area contributed by atoms with Gasteiger partial charge >= 0.3 is 5.91 Å². The topological polar surface area (TPSA) is 105 Å². The first-order chi connectivity index (χ1) is 13.7. The van der Waals surface area contributed by atoms with E-state index in [4.69, 9.17) is 4.42 Å². The van der Waals surface area contributed by atoms with Crippen molar-refractivity contribution in [3.05, 3.63) is 46.8 Å². The zero-order valence-electron chi connectivity index (χ0n) is 15.8. The van der Waals surface area contributed by atoms with Crippen LogP contribution in [0.25, 0.3) is 11.0 Å². The van der Waals surface area contributed by atoms with Gasteiger partial charge in [-0.25, -0.2) is 18.1 Å². The van der Waals surface area contributed by atoms with Crippen LogP contribution in [0.5, 0.6) is 0 Å². The average Bonchev–Trinajstić information content (AvgIpc) is 3.36. The lowest BCUT2D eigenvalue weighted by Gasteiger charge is -2.12. The number of carbonyl (C=O) groups excluding carboxylic acids is 1. The van der Waals surface area contributed by atoms with E-state index in [0.717, 1.165) is 18.5 Å². The molecule has 10 heteroatoms. The van der Waals surface area contributed by atoms with Gasteiger partial charge in [0.2, 0.25) is 0 Å². The third kappa shape index (κ3) is 4.23. The highest BCUT2D eigenvalue weighted by Crippen LogP contribution is 2.29. The van der Waals surface area contributed by atoms with Crippen molar-refractivity contribution < 1.29 is 17.6 Å². The van der Waals surface area contributed by atoms with Gasteiger partial charge in [-0.1, -0.05) is 0 Å². The zero-order chi connectivity index (χ0) is 20.8. The van der Waals surface area contributed by atoms with Crippen molar-refractivity contribution in [3.63, 3.8) is 0 Å². The Morgan fingerprint density at radius 1 is 1.24 bits per heavy atom. The number of anilines is 2. The third-order valence-electron chi connectivity index (χ3n) is 4.50. The van der Waals surface area contributed by atoms with Crippen LogP contribution in [0.1, 0.15) is 23.4 Å². The van der Waals surface area contributed by atoms with E-state index in [1.807, 2.05) is 31.1 Å². The predicted molar refractivity (Wildman–Crippen MR) is 114 cm³/mol. The fourth-order valence-electron chi connectivity index (χ4n) is 2.79. The molecule has 2 aromatic heterocycles. The van der Waals surface area contributed by atoms with Gasteiger partial charge in [-0.3, -0.25) is 4.79 Å². The van der Waals surface area contributed by atoms with Crippen molar-refractivity contribution >= 4 is 54.3 Å². The first-order valence-corrected chi connectivity index (χ1v) is 11.2. The van der Waals surface area contributed by atoms with Crippen LogP contribution in [-0.2, 0) is 10.0 Å². The standard InChI is InChI=1S/C19H19BrN4O4S/c1-24(2)14-6-3-11-7-16(28-15(11)9-14)19(25)23-29(26,27)17-8-12(20)10-21-18(17)22-13-4-5-13/h3,6-10,13H,4-5H2,1-2H3,(H,21,22)(H,23,25). The summed E-state index contributed by atoms with van der Waals surface area (Å²) in [5, 5.41) is 3.79. The van der Waals surface area contributed by atoms with Crippen molar-refractivity contribution in [2.45, 2.75) is 23.8 Å². The number of aromatic nitrogens is 1. The first kappa shape index (κ1) is 19.7. The number of hydrogen-bond donors (Lipinski definition) is 2. The van der Waals surface area contributed by atoms with Crippen LogP contribution in [-0.4, -0.2) is 39.4 Å². The van der Waals surface area contributed by atoms with Gasteiger partial charge in [0.15, 0.2) is 5.76 Å². The van der Waals surface area contributed by atoms with Crippen molar-refractivity contribution in [3.8, 4) is 0 Å². The lowest BCUT2D eigenvalue weighted by molar-refractivity contribution is 0.0956. The number of fused-ring (bicyclic) bond motifs is 1. The van der Waals surface area contributed by atoms with Crippen LogP contribution in [0.2, 0.25) is 0 Å². The van der Waals surface area contributed by atoms with Gasteiger partial charge in [-0.15, -0.1) is 0 Å². The number of sulfonamides is 1. The van der Waals surface area contributed by atoms with E-state index in [2.05, 4.69) is 31.0 Å². The first-order valence-electron chi connectivity index (χ1n) is 8.93. The number of halogens is 1. The van der Waals surface area contributed by atoms with Crippen molar-refractivity contribution in [1.29, 1.82) is 0 Å². The molecule has 4 rings (SSSR count).